The first-order valence-electron chi connectivity index (χ1n) is 6.80. The number of hydrogen-bond donors (Lipinski definition) is 1. The lowest BCUT2D eigenvalue weighted by Crippen LogP contribution is -2.38. The minimum Gasteiger partial charge on any atom is -0.496 e. The number of methoxy groups -OCH3 is 1. The van der Waals surface area contributed by atoms with Gasteiger partial charge in [0.1, 0.15) is 5.75 Å². The van der Waals surface area contributed by atoms with Crippen molar-refractivity contribution in [1.29, 1.82) is 0 Å². The van der Waals surface area contributed by atoms with Gasteiger partial charge in [-0.3, -0.25) is 0 Å². The summed E-state index contributed by atoms with van der Waals surface area (Å²) in [5.74, 6) is 0.772. The molecule has 2 N–H and O–H groups in total. The highest BCUT2D eigenvalue weighted by Gasteiger charge is 2.31. The number of rotatable bonds is 5. The van der Waals surface area contributed by atoms with E-state index in [-0.39, 0.29) is 0 Å². The molecule has 20 heavy (non-hydrogen) atoms. The van der Waals surface area contributed by atoms with Gasteiger partial charge in [0, 0.05) is 10.6 Å². The molecule has 2 aromatic carbocycles. The van der Waals surface area contributed by atoms with E-state index in [0.717, 1.165) is 29.7 Å². The molecule has 0 aliphatic carbocycles. The molecular weight excluding hydrogens is 270 g/mol. The Labute approximate surface area is 125 Å². The summed E-state index contributed by atoms with van der Waals surface area (Å²) in [6.45, 7) is 2.13. The van der Waals surface area contributed by atoms with Crippen molar-refractivity contribution in [2.75, 3.05) is 7.11 Å². The first-order valence-corrected chi connectivity index (χ1v) is 7.18. The topological polar surface area (TPSA) is 35.2 Å². The predicted octanol–water partition coefficient (Wildman–Crippen LogP) is 4.35. The Morgan fingerprint density at radius 3 is 2.45 bits per heavy atom. The third-order valence-corrected chi connectivity index (χ3v) is 3.81. The van der Waals surface area contributed by atoms with Crippen LogP contribution in [0.3, 0.4) is 0 Å². The van der Waals surface area contributed by atoms with E-state index in [4.69, 9.17) is 22.1 Å². The lowest BCUT2D eigenvalue weighted by atomic mass is 9.80. The standard InChI is InChI=1S/C17H20ClNO/c1-3-11-17(19,13-7-5-4-6-8-13)15-12-14(18)9-10-16(15)20-2/h4-10,12H,3,11,19H2,1-2H3. The summed E-state index contributed by atoms with van der Waals surface area (Å²) in [6, 6.07) is 15.7. The van der Waals surface area contributed by atoms with Crippen LogP contribution in [0, 0.1) is 0 Å². The van der Waals surface area contributed by atoms with Crippen molar-refractivity contribution in [3.8, 4) is 5.75 Å². The SMILES string of the molecule is CCCC(N)(c1ccccc1)c1cc(Cl)ccc1OC. The lowest BCUT2D eigenvalue weighted by Gasteiger charge is -2.32. The molecule has 1 unspecified atom stereocenters. The third-order valence-electron chi connectivity index (χ3n) is 3.58. The van der Waals surface area contributed by atoms with Gasteiger partial charge in [-0.25, -0.2) is 0 Å². The first kappa shape index (κ1) is 14.9. The molecule has 0 spiro atoms. The lowest BCUT2D eigenvalue weighted by molar-refractivity contribution is 0.387. The summed E-state index contributed by atoms with van der Waals surface area (Å²) in [7, 11) is 1.66. The molecule has 0 heterocycles. The summed E-state index contributed by atoms with van der Waals surface area (Å²) in [5, 5.41) is 0.669. The quantitative estimate of drug-likeness (QED) is 0.888. The van der Waals surface area contributed by atoms with Crippen molar-refractivity contribution in [2.45, 2.75) is 25.3 Å². The van der Waals surface area contributed by atoms with Crippen LogP contribution in [-0.4, -0.2) is 7.11 Å². The Morgan fingerprint density at radius 1 is 1.15 bits per heavy atom. The molecule has 2 aromatic rings. The molecular formula is C17H20ClNO. The van der Waals surface area contributed by atoms with Gasteiger partial charge in [-0.05, 0) is 30.2 Å². The summed E-state index contributed by atoms with van der Waals surface area (Å²) in [5.41, 5.74) is 8.17. The second-order valence-corrected chi connectivity index (χ2v) is 5.37. The molecule has 2 rings (SSSR count). The number of nitrogens with two attached hydrogens (primary N) is 1. The molecule has 0 radical (unpaired) electrons. The van der Waals surface area contributed by atoms with Gasteiger partial charge in [-0.1, -0.05) is 55.3 Å². The van der Waals surface area contributed by atoms with Crippen LogP contribution in [0.5, 0.6) is 5.75 Å². The van der Waals surface area contributed by atoms with Gasteiger partial charge in [-0.15, -0.1) is 0 Å². The van der Waals surface area contributed by atoms with Gasteiger partial charge < -0.3 is 10.5 Å². The zero-order valence-electron chi connectivity index (χ0n) is 11.9. The van der Waals surface area contributed by atoms with Crippen molar-refractivity contribution in [3.05, 3.63) is 64.7 Å². The molecule has 0 fully saturated rings. The normalized spacial score (nSPS) is 13.8. The maximum Gasteiger partial charge on any atom is 0.124 e. The van der Waals surface area contributed by atoms with E-state index in [1.54, 1.807) is 7.11 Å². The van der Waals surface area contributed by atoms with Crippen LogP contribution in [0.1, 0.15) is 30.9 Å². The summed E-state index contributed by atoms with van der Waals surface area (Å²) >= 11 is 6.16. The van der Waals surface area contributed by atoms with Gasteiger partial charge in [0.25, 0.3) is 0 Å². The first-order chi connectivity index (χ1) is 9.61. The van der Waals surface area contributed by atoms with Crippen LogP contribution >= 0.6 is 11.6 Å². The minimum atomic E-state index is -0.591. The Morgan fingerprint density at radius 2 is 1.85 bits per heavy atom. The molecule has 0 saturated carbocycles. The van der Waals surface area contributed by atoms with Gasteiger partial charge in [0.2, 0.25) is 0 Å². The van der Waals surface area contributed by atoms with Crippen molar-refractivity contribution < 1.29 is 4.74 Å². The van der Waals surface area contributed by atoms with Crippen LogP contribution in [-0.2, 0) is 5.54 Å². The van der Waals surface area contributed by atoms with E-state index in [1.165, 1.54) is 0 Å². The summed E-state index contributed by atoms with van der Waals surface area (Å²) in [6.07, 6.45) is 1.80. The maximum atomic E-state index is 6.76. The third kappa shape index (κ3) is 2.82. The second-order valence-electron chi connectivity index (χ2n) is 4.93. The Hall–Kier alpha value is -1.51. The number of ether oxygens (including phenoxy) is 1. The Bertz CT molecular complexity index is 570. The van der Waals surface area contributed by atoms with Crippen LogP contribution in [0.2, 0.25) is 5.02 Å². The Kier molecular flexibility index (Phi) is 4.69. The average molecular weight is 290 g/mol. The fourth-order valence-corrected chi connectivity index (χ4v) is 2.77. The van der Waals surface area contributed by atoms with Gasteiger partial charge in [-0.2, -0.15) is 0 Å². The summed E-state index contributed by atoms with van der Waals surface area (Å²) in [4.78, 5) is 0. The second kappa shape index (κ2) is 6.29. The van der Waals surface area contributed by atoms with E-state index in [0.29, 0.717) is 5.02 Å². The van der Waals surface area contributed by atoms with Crippen molar-refractivity contribution >= 4 is 11.6 Å². The van der Waals surface area contributed by atoms with Crippen LogP contribution in [0.15, 0.2) is 48.5 Å². The predicted molar refractivity (Wildman–Crippen MR) is 84.3 cm³/mol. The van der Waals surface area contributed by atoms with E-state index >= 15 is 0 Å². The molecule has 2 nitrogen and oxygen atoms in total. The maximum absolute atomic E-state index is 6.76. The van der Waals surface area contributed by atoms with E-state index in [9.17, 15) is 0 Å². The van der Waals surface area contributed by atoms with Crippen LogP contribution < -0.4 is 10.5 Å². The summed E-state index contributed by atoms with van der Waals surface area (Å²) < 4.78 is 5.48. The smallest absolute Gasteiger partial charge is 0.124 e. The Balaban J connectivity index is 2.61. The molecule has 0 aliphatic heterocycles. The molecule has 0 aromatic heterocycles. The van der Waals surface area contributed by atoms with Crippen LogP contribution in [0.4, 0.5) is 0 Å². The number of hydrogen-bond acceptors (Lipinski definition) is 2. The van der Waals surface area contributed by atoms with Crippen molar-refractivity contribution in [3.63, 3.8) is 0 Å². The number of benzene rings is 2. The molecule has 0 saturated heterocycles. The molecule has 0 aliphatic rings. The molecule has 106 valence electrons. The highest BCUT2D eigenvalue weighted by Crippen LogP contribution is 2.38. The fourth-order valence-electron chi connectivity index (χ4n) is 2.59. The van der Waals surface area contributed by atoms with Crippen LogP contribution in [0.25, 0.3) is 0 Å². The largest absolute Gasteiger partial charge is 0.496 e. The van der Waals surface area contributed by atoms with Gasteiger partial charge >= 0.3 is 0 Å². The van der Waals surface area contributed by atoms with E-state index < -0.39 is 5.54 Å². The highest BCUT2D eigenvalue weighted by molar-refractivity contribution is 6.30. The van der Waals surface area contributed by atoms with E-state index in [2.05, 4.69) is 19.1 Å². The van der Waals surface area contributed by atoms with Gasteiger partial charge in [0.15, 0.2) is 0 Å². The van der Waals surface area contributed by atoms with Crippen molar-refractivity contribution in [2.24, 2.45) is 5.73 Å². The molecule has 0 amide bonds. The average Bonchev–Trinajstić information content (AvgIpc) is 2.48. The molecule has 1 atom stereocenters. The minimum absolute atomic E-state index is 0.591. The van der Waals surface area contributed by atoms with E-state index in [1.807, 2.05) is 36.4 Å². The van der Waals surface area contributed by atoms with Crippen molar-refractivity contribution in [1.82, 2.24) is 0 Å². The highest BCUT2D eigenvalue weighted by atomic mass is 35.5. The fraction of sp³-hybridized carbons (Fsp3) is 0.294. The zero-order valence-corrected chi connectivity index (χ0v) is 12.7. The monoisotopic (exact) mass is 289 g/mol. The molecule has 3 heteroatoms. The number of halogens is 1. The van der Waals surface area contributed by atoms with Gasteiger partial charge in [0.05, 0.1) is 12.6 Å². The zero-order chi connectivity index (χ0) is 14.6. The molecule has 0 bridgehead atoms.